The number of ether oxygens (including phenoxy) is 9. The summed E-state index contributed by atoms with van der Waals surface area (Å²) in [6.45, 7) is 2.07. The molecular formula is C39H65O23-. The molecule has 0 saturated carbocycles. The lowest BCUT2D eigenvalue weighted by atomic mass is 9.84. The summed E-state index contributed by atoms with van der Waals surface area (Å²) in [5.74, 6) is -7.61. The van der Waals surface area contributed by atoms with Crippen LogP contribution in [0.3, 0.4) is 0 Å². The maximum atomic E-state index is 12.5. The van der Waals surface area contributed by atoms with Gasteiger partial charge in [-0.2, -0.15) is 0 Å². The Labute approximate surface area is 358 Å². The predicted octanol–water partition coefficient (Wildman–Crippen LogP) is -6.49. The molecule has 21 atom stereocenters. The topological polar surface area (TPSA) is 360 Å². The Balaban J connectivity index is 1.32. The van der Waals surface area contributed by atoms with Crippen molar-refractivity contribution in [2.45, 2.75) is 144 Å². The Kier molecular flexibility index (Phi) is 20.5. The zero-order chi connectivity index (χ0) is 46.0. The number of rotatable bonds is 21. The molecule has 0 bridgehead atoms. The van der Waals surface area contributed by atoms with Crippen molar-refractivity contribution < 1.29 is 113 Å². The third-order valence-electron chi connectivity index (χ3n) is 12.2. The second kappa shape index (κ2) is 24.3. The van der Waals surface area contributed by atoms with Gasteiger partial charge < -0.3 is 104 Å². The van der Waals surface area contributed by atoms with Crippen LogP contribution in [0, 0.1) is 23.7 Å². The van der Waals surface area contributed by atoms with E-state index in [4.69, 9.17) is 42.6 Å². The smallest absolute Gasteiger partial charge is 0.337 e. The molecule has 23 nitrogen and oxygen atoms in total. The molecule has 0 amide bonds. The molecule has 360 valence electrons. The van der Waals surface area contributed by atoms with Crippen molar-refractivity contribution in [2.24, 2.45) is 23.7 Å². The minimum Gasteiger partial charge on any atom is -0.547 e. The van der Waals surface area contributed by atoms with Gasteiger partial charge in [-0.3, -0.25) is 4.79 Å². The average molecular weight is 902 g/mol. The van der Waals surface area contributed by atoms with Gasteiger partial charge in [0.25, 0.3) is 0 Å². The zero-order valence-electron chi connectivity index (χ0n) is 35.2. The molecule has 0 aliphatic carbocycles. The molecule has 4 aliphatic heterocycles. The van der Waals surface area contributed by atoms with Gasteiger partial charge in [0.1, 0.15) is 61.5 Å². The fourth-order valence-electron chi connectivity index (χ4n) is 8.46. The normalized spacial score (nSPS) is 41.9. The maximum Gasteiger partial charge on any atom is 0.337 e. The summed E-state index contributed by atoms with van der Waals surface area (Å²) in [5, 5.41) is 117. The van der Waals surface area contributed by atoms with Crippen LogP contribution in [0.4, 0.5) is 0 Å². The van der Waals surface area contributed by atoms with Gasteiger partial charge in [0.2, 0.25) is 0 Å². The minimum atomic E-state index is -1.91. The van der Waals surface area contributed by atoms with Crippen molar-refractivity contribution in [1.29, 1.82) is 0 Å². The summed E-state index contributed by atoms with van der Waals surface area (Å²) in [6, 6.07) is 0. The highest BCUT2D eigenvalue weighted by molar-refractivity contribution is 5.74. The lowest BCUT2D eigenvalue weighted by molar-refractivity contribution is -0.332. The van der Waals surface area contributed by atoms with Gasteiger partial charge in [-0.15, -0.1) is 0 Å². The van der Waals surface area contributed by atoms with Crippen LogP contribution in [0.25, 0.3) is 0 Å². The molecule has 4 heterocycles. The molecule has 0 aromatic rings. The molecule has 4 rings (SSSR count). The molecule has 23 heteroatoms. The number of aliphatic hydroxyl groups is 10. The van der Waals surface area contributed by atoms with E-state index in [9.17, 15) is 70.6 Å². The molecular weight excluding hydrogens is 836 g/mol. The van der Waals surface area contributed by atoms with Gasteiger partial charge in [0, 0.05) is 30.6 Å². The fraction of sp³-hybridized carbons (Fsp3) is 0.923. The molecule has 21 unspecified atom stereocenters. The lowest BCUT2D eigenvalue weighted by Gasteiger charge is -2.45. The molecule has 4 saturated heterocycles. The fourth-order valence-corrected chi connectivity index (χ4v) is 8.46. The quantitative estimate of drug-likeness (QED) is 0.0479. The van der Waals surface area contributed by atoms with Crippen molar-refractivity contribution in [3.63, 3.8) is 0 Å². The maximum absolute atomic E-state index is 12.5. The van der Waals surface area contributed by atoms with Gasteiger partial charge in [-0.25, -0.2) is 4.79 Å². The van der Waals surface area contributed by atoms with Crippen LogP contribution in [-0.2, 0) is 57.0 Å². The molecule has 0 aromatic heterocycles. The molecule has 4 fully saturated rings. The lowest BCUT2D eigenvalue weighted by Crippen LogP contribution is -2.62. The van der Waals surface area contributed by atoms with Crippen molar-refractivity contribution >= 4 is 17.9 Å². The average Bonchev–Trinajstić information content (AvgIpc) is 3.24. The number of carbonyl (C=O) groups is 3. The number of aliphatic hydroxyl groups excluding tert-OH is 10. The molecule has 0 spiro atoms. The van der Waals surface area contributed by atoms with Gasteiger partial charge >= 0.3 is 11.9 Å². The van der Waals surface area contributed by atoms with Crippen molar-refractivity contribution in [2.75, 3.05) is 59.5 Å². The Morgan fingerprint density at radius 1 is 0.581 bits per heavy atom. The van der Waals surface area contributed by atoms with E-state index in [1.54, 1.807) is 13.8 Å². The highest BCUT2D eigenvalue weighted by Crippen LogP contribution is 2.34. The Hall–Kier alpha value is -2.27. The number of hydrogen-bond acceptors (Lipinski definition) is 23. The minimum absolute atomic E-state index is 0.0709. The first-order chi connectivity index (χ1) is 29.4. The number of esters is 2. The Bertz CT molecular complexity index is 1390. The van der Waals surface area contributed by atoms with E-state index >= 15 is 0 Å². The summed E-state index contributed by atoms with van der Waals surface area (Å²) in [4.78, 5) is 36.2. The van der Waals surface area contributed by atoms with E-state index in [1.807, 2.05) is 6.92 Å². The second-order valence-corrected chi connectivity index (χ2v) is 16.3. The first-order valence-electron chi connectivity index (χ1n) is 21.0. The Morgan fingerprint density at radius 2 is 1.08 bits per heavy atom. The molecule has 0 aromatic carbocycles. The van der Waals surface area contributed by atoms with Crippen LogP contribution in [0.2, 0.25) is 0 Å². The van der Waals surface area contributed by atoms with Gasteiger partial charge in [-0.1, -0.05) is 13.8 Å². The third-order valence-corrected chi connectivity index (χ3v) is 12.2. The molecule has 0 radical (unpaired) electrons. The highest BCUT2D eigenvalue weighted by atomic mass is 16.6. The highest BCUT2D eigenvalue weighted by Gasteiger charge is 2.50. The van der Waals surface area contributed by atoms with E-state index in [2.05, 4.69) is 0 Å². The number of hydrogen-bond donors (Lipinski definition) is 10. The number of carboxylic acids is 1. The van der Waals surface area contributed by atoms with E-state index in [0.717, 1.165) is 6.92 Å². The third kappa shape index (κ3) is 12.7. The first-order valence-corrected chi connectivity index (χ1v) is 21.0. The van der Waals surface area contributed by atoms with Crippen LogP contribution >= 0.6 is 0 Å². The summed E-state index contributed by atoms with van der Waals surface area (Å²) < 4.78 is 50.5. The van der Waals surface area contributed by atoms with Crippen LogP contribution in [0.5, 0.6) is 0 Å². The van der Waals surface area contributed by atoms with Crippen LogP contribution in [0.1, 0.15) is 40.5 Å². The van der Waals surface area contributed by atoms with E-state index in [0.29, 0.717) is 6.42 Å². The van der Waals surface area contributed by atoms with E-state index < -0.39 is 185 Å². The van der Waals surface area contributed by atoms with Crippen LogP contribution in [0.15, 0.2) is 0 Å². The molecule has 62 heavy (non-hydrogen) atoms. The van der Waals surface area contributed by atoms with Crippen molar-refractivity contribution in [1.82, 2.24) is 0 Å². The number of aliphatic carboxylic acids is 1. The first kappa shape index (κ1) is 52.4. The SMILES string of the molecule is CCC1OC(C)C(COCC2OC(CO)C(COCC3OC(C(=O)[O-])C(COCC4OC(COC(C)=O)C(O)C(CC)C4OC(=O)C(O)CO)C(O)C3O)C(O)C2O)C(O)C1O. The number of carboxylic acid groups (broad SMARTS) is 1. The van der Waals surface area contributed by atoms with Crippen molar-refractivity contribution in [3.05, 3.63) is 0 Å². The van der Waals surface area contributed by atoms with Crippen LogP contribution < -0.4 is 5.11 Å². The summed E-state index contributed by atoms with van der Waals surface area (Å²) in [6.07, 6.45) is -21.5. The van der Waals surface area contributed by atoms with E-state index in [1.165, 1.54) is 0 Å². The van der Waals surface area contributed by atoms with Gasteiger partial charge in [-0.05, 0) is 19.8 Å². The van der Waals surface area contributed by atoms with Crippen molar-refractivity contribution in [3.8, 4) is 0 Å². The summed E-state index contributed by atoms with van der Waals surface area (Å²) in [5.41, 5.74) is 0. The molecule has 4 aliphatic rings. The van der Waals surface area contributed by atoms with Crippen LogP contribution in [-0.4, -0.2) is 232 Å². The standard InChI is InChI=1S/C39H66O23/c1-5-18-29(44)27(15-57-17(4)42)60-28(36(18)62-39(53)22(43)7-40)14-56-11-21-32(47)35(50)26(61-37(21)38(51)52)13-55-10-20-24(8-41)59-25(34(49)31(20)46)12-54-9-19-16(3)58-23(6-2)33(48)30(19)45/h16,18-37,40-41,43-50H,5-15H2,1-4H3,(H,51,52)/p-1. The van der Waals surface area contributed by atoms with Gasteiger partial charge in [0.15, 0.2) is 6.10 Å². The predicted molar refractivity (Wildman–Crippen MR) is 201 cm³/mol. The Morgan fingerprint density at radius 3 is 1.63 bits per heavy atom. The molecule has 10 N–H and O–H groups in total. The largest absolute Gasteiger partial charge is 0.547 e. The van der Waals surface area contributed by atoms with Gasteiger partial charge in [0.05, 0.1) is 102 Å². The zero-order valence-corrected chi connectivity index (χ0v) is 35.2. The summed E-state index contributed by atoms with van der Waals surface area (Å²) in [7, 11) is 0. The van der Waals surface area contributed by atoms with E-state index in [-0.39, 0.29) is 26.2 Å². The summed E-state index contributed by atoms with van der Waals surface area (Å²) >= 11 is 0. The number of carbonyl (C=O) groups excluding carboxylic acids is 3. The second-order valence-electron chi connectivity index (χ2n) is 16.3. The monoisotopic (exact) mass is 901 g/mol.